The Balaban J connectivity index is 1.67. The minimum atomic E-state index is -0.339. The van der Waals surface area contributed by atoms with Crippen molar-refractivity contribution in [2.75, 3.05) is 5.32 Å². The first kappa shape index (κ1) is 22.1. The van der Waals surface area contributed by atoms with Gasteiger partial charge in [0.15, 0.2) is 5.16 Å². The summed E-state index contributed by atoms with van der Waals surface area (Å²) >= 11 is 1.49. The number of carbonyl (C=O) groups is 1. The van der Waals surface area contributed by atoms with Gasteiger partial charge in [0.2, 0.25) is 5.91 Å². The SMILES string of the molecule is Cc1ccccc1CSc1nc(=O)c2c(n1C)NC(=O)CC2c1ccc(OC(C)C)cc1. The van der Waals surface area contributed by atoms with Crippen LogP contribution in [0.1, 0.15) is 48.4 Å². The van der Waals surface area contributed by atoms with Gasteiger partial charge in [0, 0.05) is 25.1 Å². The molecule has 0 bridgehead atoms. The number of amides is 1. The molecule has 0 fully saturated rings. The molecule has 2 aromatic carbocycles. The molecule has 0 saturated heterocycles. The van der Waals surface area contributed by atoms with E-state index in [0.29, 0.717) is 22.3 Å². The highest BCUT2D eigenvalue weighted by Gasteiger charge is 2.32. The Hall–Kier alpha value is -3.06. The molecule has 1 atom stereocenters. The predicted octanol–water partition coefficient (Wildman–Crippen LogP) is 4.64. The highest BCUT2D eigenvalue weighted by molar-refractivity contribution is 7.98. The number of aromatic nitrogens is 2. The van der Waals surface area contributed by atoms with Crippen molar-refractivity contribution in [2.24, 2.45) is 7.05 Å². The van der Waals surface area contributed by atoms with Crippen LogP contribution >= 0.6 is 11.8 Å². The Kier molecular flexibility index (Phi) is 6.37. The van der Waals surface area contributed by atoms with E-state index in [9.17, 15) is 9.59 Å². The number of thioether (sulfide) groups is 1. The molecular formula is C25H27N3O3S. The number of nitrogens with zero attached hydrogens (tertiary/aromatic N) is 2. The lowest BCUT2D eigenvalue weighted by Gasteiger charge is -2.27. The number of carbonyl (C=O) groups excluding carboxylic acids is 1. The van der Waals surface area contributed by atoms with Gasteiger partial charge in [0.05, 0.1) is 11.7 Å². The number of benzene rings is 2. The van der Waals surface area contributed by atoms with Crippen LogP contribution in [0.5, 0.6) is 5.75 Å². The first-order valence-electron chi connectivity index (χ1n) is 10.7. The van der Waals surface area contributed by atoms with Gasteiger partial charge in [-0.2, -0.15) is 4.98 Å². The Morgan fingerprint density at radius 2 is 1.88 bits per heavy atom. The van der Waals surface area contributed by atoms with Crippen molar-refractivity contribution in [2.45, 2.75) is 50.1 Å². The van der Waals surface area contributed by atoms with Gasteiger partial charge in [-0.15, -0.1) is 0 Å². The molecule has 2 heterocycles. The molecule has 0 saturated carbocycles. The van der Waals surface area contributed by atoms with Crippen LogP contribution in [0.4, 0.5) is 5.82 Å². The van der Waals surface area contributed by atoms with Crippen LogP contribution in [0.15, 0.2) is 58.5 Å². The number of hydrogen-bond donors (Lipinski definition) is 1. The van der Waals surface area contributed by atoms with E-state index in [0.717, 1.165) is 11.3 Å². The number of anilines is 1. The molecule has 32 heavy (non-hydrogen) atoms. The predicted molar refractivity (Wildman–Crippen MR) is 128 cm³/mol. The van der Waals surface area contributed by atoms with Crippen molar-refractivity contribution >= 4 is 23.5 Å². The van der Waals surface area contributed by atoms with Gasteiger partial charge >= 0.3 is 0 Å². The van der Waals surface area contributed by atoms with Crippen molar-refractivity contribution in [3.8, 4) is 5.75 Å². The Morgan fingerprint density at radius 3 is 2.56 bits per heavy atom. The number of nitrogens with one attached hydrogen (secondary N) is 1. The zero-order chi connectivity index (χ0) is 22.8. The van der Waals surface area contributed by atoms with E-state index < -0.39 is 0 Å². The average Bonchev–Trinajstić information content (AvgIpc) is 2.75. The van der Waals surface area contributed by atoms with Crippen molar-refractivity contribution in [3.63, 3.8) is 0 Å². The summed E-state index contributed by atoms with van der Waals surface area (Å²) in [6.45, 7) is 6.01. The van der Waals surface area contributed by atoms with Crippen molar-refractivity contribution in [1.29, 1.82) is 0 Å². The molecule has 166 valence electrons. The van der Waals surface area contributed by atoms with Crippen molar-refractivity contribution < 1.29 is 9.53 Å². The lowest BCUT2D eigenvalue weighted by Crippen LogP contribution is -2.33. The Morgan fingerprint density at radius 1 is 1.16 bits per heavy atom. The molecular weight excluding hydrogens is 422 g/mol. The van der Waals surface area contributed by atoms with E-state index in [1.165, 1.54) is 22.9 Å². The molecule has 1 aromatic heterocycles. The highest BCUT2D eigenvalue weighted by Crippen LogP contribution is 2.36. The standard InChI is InChI=1S/C25H27N3O3S/c1-15(2)31-19-11-9-17(10-12-19)20-13-21(29)26-23-22(20)24(30)27-25(28(23)4)32-14-18-8-6-5-7-16(18)3/h5-12,15,20H,13-14H2,1-4H3,(H,26,29). The lowest BCUT2D eigenvalue weighted by atomic mass is 9.87. The summed E-state index contributed by atoms with van der Waals surface area (Å²) in [5.74, 6) is 1.54. The summed E-state index contributed by atoms with van der Waals surface area (Å²) < 4.78 is 7.54. The van der Waals surface area contributed by atoms with Gasteiger partial charge in [-0.05, 0) is 49.6 Å². The fraction of sp³-hybridized carbons (Fsp3) is 0.320. The molecule has 4 rings (SSSR count). The summed E-state index contributed by atoms with van der Waals surface area (Å²) in [7, 11) is 1.84. The zero-order valence-electron chi connectivity index (χ0n) is 18.7. The van der Waals surface area contributed by atoms with E-state index in [2.05, 4.69) is 29.4 Å². The fourth-order valence-electron chi connectivity index (χ4n) is 3.91. The van der Waals surface area contributed by atoms with E-state index in [-0.39, 0.29) is 29.9 Å². The number of fused-ring (bicyclic) bond motifs is 1. The van der Waals surface area contributed by atoms with Gasteiger partial charge in [-0.25, -0.2) is 0 Å². The minimum Gasteiger partial charge on any atom is -0.491 e. The maximum atomic E-state index is 13.1. The van der Waals surface area contributed by atoms with Crippen LogP contribution in [0.25, 0.3) is 0 Å². The zero-order valence-corrected chi connectivity index (χ0v) is 19.5. The van der Waals surface area contributed by atoms with Gasteiger partial charge < -0.3 is 14.6 Å². The van der Waals surface area contributed by atoms with Crippen LogP contribution in [-0.2, 0) is 17.6 Å². The summed E-state index contributed by atoms with van der Waals surface area (Å²) in [5.41, 5.74) is 3.52. The van der Waals surface area contributed by atoms with Gasteiger partial charge in [0.1, 0.15) is 11.6 Å². The number of ether oxygens (including phenoxy) is 1. The smallest absolute Gasteiger partial charge is 0.279 e. The maximum Gasteiger partial charge on any atom is 0.279 e. The molecule has 1 aliphatic heterocycles. The fourth-order valence-corrected chi connectivity index (χ4v) is 4.96. The molecule has 1 amide bonds. The van der Waals surface area contributed by atoms with Gasteiger partial charge in [0.25, 0.3) is 5.56 Å². The first-order valence-corrected chi connectivity index (χ1v) is 11.7. The molecule has 1 unspecified atom stereocenters. The molecule has 1 aliphatic rings. The van der Waals surface area contributed by atoms with Crippen molar-refractivity contribution in [3.05, 3.63) is 81.1 Å². The summed E-state index contributed by atoms with van der Waals surface area (Å²) in [6, 6.07) is 15.8. The summed E-state index contributed by atoms with van der Waals surface area (Å²) in [4.78, 5) is 30.0. The van der Waals surface area contributed by atoms with Crippen LogP contribution in [0, 0.1) is 6.92 Å². The summed E-state index contributed by atoms with van der Waals surface area (Å²) in [6.07, 6.45) is 0.290. The molecule has 6 nitrogen and oxygen atoms in total. The lowest BCUT2D eigenvalue weighted by molar-refractivity contribution is -0.116. The first-order chi connectivity index (χ1) is 15.3. The topological polar surface area (TPSA) is 73.2 Å². The third-order valence-corrected chi connectivity index (χ3v) is 6.65. The second-order valence-electron chi connectivity index (χ2n) is 8.28. The minimum absolute atomic E-state index is 0.0779. The van der Waals surface area contributed by atoms with E-state index in [1.807, 2.05) is 61.9 Å². The second-order valence-corrected chi connectivity index (χ2v) is 9.22. The van der Waals surface area contributed by atoms with Gasteiger partial charge in [-0.3, -0.25) is 9.59 Å². The van der Waals surface area contributed by atoms with Crippen LogP contribution < -0.4 is 15.6 Å². The third kappa shape index (κ3) is 4.58. The normalized spacial score (nSPS) is 15.4. The average molecular weight is 450 g/mol. The highest BCUT2D eigenvalue weighted by atomic mass is 32.2. The summed E-state index contributed by atoms with van der Waals surface area (Å²) in [5, 5.41) is 3.48. The van der Waals surface area contributed by atoms with E-state index in [4.69, 9.17) is 4.74 Å². The van der Waals surface area contributed by atoms with Crippen molar-refractivity contribution in [1.82, 2.24) is 9.55 Å². The van der Waals surface area contributed by atoms with E-state index in [1.54, 1.807) is 0 Å². The molecule has 0 aliphatic carbocycles. The third-order valence-electron chi connectivity index (χ3n) is 5.57. The number of aryl methyl sites for hydroxylation is 1. The Bertz CT molecular complexity index is 1200. The quantitative estimate of drug-likeness (QED) is 0.438. The van der Waals surface area contributed by atoms with Crippen LogP contribution in [0.3, 0.4) is 0 Å². The molecule has 3 aromatic rings. The monoisotopic (exact) mass is 449 g/mol. The Labute approximate surface area is 192 Å². The molecule has 0 spiro atoms. The molecule has 0 radical (unpaired) electrons. The second kappa shape index (κ2) is 9.20. The van der Waals surface area contributed by atoms with Crippen LogP contribution in [0.2, 0.25) is 0 Å². The van der Waals surface area contributed by atoms with Gasteiger partial charge in [-0.1, -0.05) is 48.2 Å². The number of hydrogen-bond acceptors (Lipinski definition) is 5. The largest absolute Gasteiger partial charge is 0.491 e. The molecule has 1 N–H and O–H groups in total. The van der Waals surface area contributed by atoms with Crippen LogP contribution in [-0.4, -0.2) is 21.6 Å². The maximum absolute atomic E-state index is 13.1. The molecule has 7 heteroatoms. The van der Waals surface area contributed by atoms with E-state index >= 15 is 0 Å². The number of rotatable bonds is 6.